The number of fused-ring (bicyclic) bond motifs is 1. The quantitative estimate of drug-likeness (QED) is 0.599. The van der Waals surface area contributed by atoms with Gasteiger partial charge in [0.15, 0.2) is 0 Å². The number of piperazine rings is 1. The number of halogens is 1. The summed E-state index contributed by atoms with van der Waals surface area (Å²) in [4.78, 5) is 24.3. The number of H-pyrrole nitrogens is 1. The molecule has 35 heavy (non-hydrogen) atoms. The van der Waals surface area contributed by atoms with Crippen LogP contribution in [-0.2, 0) is 11.2 Å². The predicted molar refractivity (Wildman–Crippen MR) is 137 cm³/mol. The number of amides is 1. The van der Waals surface area contributed by atoms with E-state index < -0.39 is 0 Å². The summed E-state index contributed by atoms with van der Waals surface area (Å²) in [5, 5.41) is 8.42. The molecule has 2 aromatic heterocycles. The molecular weight excluding hydrogens is 443 g/mol. The molecule has 8 heteroatoms. The van der Waals surface area contributed by atoms with Gasteiger partial charge in [0.05, 0.1) is 12.2 Å². The minimum Gasteiger partial charge on any atom is -0.350 e. The number of anilines is 1. The van der Waals surface area contributed by atoms with Crippen molar-refractivity contribution < 1.29 is 9.18 Å². The van der Waals surface area contributed by atoms with Crippen LogP contribution in [0, 0.1) is 19.7 Å². The van der Waals surface area contributed by atoms with E-state index in [-0.39, 0.29) is 17.8 Å². The third-order valence-electron chi connectivity index (χ3n) is 7.52. The molecule has 0 radical (unpaired) electrons. The maximum absolute atomic E-state index is 15.2. The molecule has 1 N–H and O–H groups in total. The SMILES string of the molecule is CCc1cc(F)c2nc(N3CCN(C(=O)CN4CCCC4)C[C@H]3C)c(-c3cc(C)[nH]n3)c(C)c2c1. The van der Waals surface area contributed by atoms with Crippen LogP contribution in [0.4, 0.5) is 10.2 Å². The molecule has 0 spiro atoms. The van der Waals surface area contributed by atoms with Crippen molar-refractivity contribution in [2.24, 2.45) is 0 Å². The molecule has 5 rings (SSSR count). The lowest BCUT2D eigenvalue weighted by atomic mass is 9.97. The van der Waals surface area contributed by atoms with Crippen molar-refractivity contribution in [1.29, 1.82) is 0 Å². The number of rotatable bonds is 5. The number of nitrogens with zero attached hydrogens (tertiary/aromatic N) is 5. The highest BCUT2D eigenvalue weighted by Gasteiger charge is 2.32. The zero-order chi connectivity index (χ0) is 24.7. The lowest BCUT2D eigenvalue weighted by Gasteiger charge is -2.41. The summed E-state index contributed by atoms with van der Waals surface area (Å²) in [5.74, 6) is 0.645. The molecule has 2 fully saturated rings. The number of carbonyl (C=O) groups is 1. The lowest BCUT2D eigenvalue weighted by Crippen LogP contribution is -2.55. The maximum Gasteiger partial charge on any atom is 0.236 e. The van der Waals surface area contributed by atoms with E-state index in [0.29, 0.717) is 31.7 Å². The first-order valence-electron chi connectivity index (χ1n) is 12.8. The first-order valence-corrected chi connectivity index (χ1v) is 12.8. The molecule has 2 saturated heterocycles. The summed E-state index contributed by atoms with van der Waals surface area (Å²) >= 11 is 0. The average Bonchev–Trinajstić information content (AvgIpc) is 3.51. The molecule has 3 aromatic rings. The molecule has 2 aliphatic heterocycles. The molecule has 0 bridgehead atoms. The molecule has 4 heterocycles. The molecule has 0 saturated carbocycles. The number of nitrogens with one attached hydrogen (secondary N) is 1. The number of aromatic nitrogens is 3. The second-order valence-electron chi connectivity index (χ2n) is 10.1. The summed E-state index contributed by atoms with van der Waals surface area (Å²) < 4.78 is 15.2. The second kappa shape index (κ2) is 9.57. The van der Waals surface area contributed by atoms with Crippen LogP contribution < -0.4 is 4.90 Å². The maximum atomic E-state index is 15.2. The lowest BCUT2D eigenvalue weighted by molar-refractivity contribution is -0.132. The third-order valence-corrected chi connectivity index (χ3v) is 7.52. The van der Waals surface area contributed by atoms with Gasteiger partial charge in [-0.25, -0.2) is 9.37 Å². The van der Waals surface area contributed by atoms with Gasteiger partial charge in [0, 0.05) is 42.3 Å². The smallest absolute Gasteiger partial charge is 0.236 e. The van der Waals surface area contributed by atoms with Crippen molar-refractivity contribution in [3.63, 3.8) is 0 Å². The van der Waals surface area contributed by atoms with Crippen LogP contribution in [0.1, 0.15) is 43.5 Å². The van der Waals surface area contributed by atoms with Crippen molar-refractivity contribution in [2.45, 2.75) is 53.0 Å². The highest BCUT2D eigenvalue weighted by atomic mass is 19.1. The van der Waals surface area contributed by atoms with Crippen LogP contribution in [0.2, 0.25) is 0 Å². The van der Waals surface area contributed by atoms with Crippen LogP contribution in [-0.4, -0.2) is 76.2 Å². The van der Waals surface area contributed by atoms with Crippen LogP contribution in [0.3, 0.4) is 0 Å². The fraction of sp³-hybridized carbons (Fsp3) is 0.519. The number of carbonyl (C=O) groups excluding carboxylic acids is 1. The fourth-order valence-corrected chi connectivity index (χ4v) is 5.51. The van der Waals surface area contributed by atoms with Gasteiger partial charge in [0.2, 0.25) is 5.91 Å². The zero-order valence-electron chi connectivity index (χ0n) is 21.2. The van der Waals surface area contributed by atoms with Gasteiger partial charge in [0.25, 0.3) is 0 Å². The Kier molecular flexibility index (Phi) is 6.49. The molecule has 186 valence electrons. The van der Waals surface area contributed by atoms with E-state index in [0.717, 1.165) is 58.8 Å². The predicted octanol–water partition coefficient (Wildman–Crippen LogP) is 4.08. The third kappa shape index (κ3) is 4.51. The van der Waals surface area contributed by atoms with Gasteiger partial charge in [-0.3, -0.25) is 14.8 Å². The van der Waals surface area contributed by atoms with Gasteiger partial charge in [0.1, 0.15) is 17.2 Å². The van der Waals surface area contributed by atoms with E-state index >= 15 is 4.39 Å². The van der Waals surface area contributed by atoms with Gasteiger partial charge < -0.3 is 9.80 Å². The molecule has 2 aliphatic rings. The number of benzene rings is 1. The minimum atomic E-state index is -0.291. The van der Waals surface area contributed by atoms with Gasteiger partial charge in [-0.1, -0.05) is 6.92 Å². The normalized spacial score (nSPS) is 19.2. The number of aryl methyl sites for hydroxylation is 3. The number of aromatic amines is 1. The van der Waals surface area contributed by atoms with Crippen LogP contribution in [0.5, 0.6) is 0 Å². The second-order valence-corrected chi connectivity index (χ2v) is 10.1. The molecule has 0 aliphatic carbocycles. The van der Waals surface area contributed by atoms with Crippen molar-refractivity contribution in [3.05, 3.63) is 40.8 Å². The fourth-order valence-electron chi connectivity index (χ4n) is 5.51. The van der Waals surface area contributed by atoms with E-state index in [1.54, 1.807) is 6.07 Å². The van der Waals surface area contributed by atoms with E-state index in [4.69, 9.17) is 4.98 Å². The van der Waals surface area contributed by atoms with Crippen LogP contribution in [0.15, 0.2) is 18.2 Å². The van der Waals surface area contributed by atoms with Gasteiger partial charge in [-0.15, -0.1) is 0 Å². The van der Waals surface area contributed by atoms with Crippen LogP contribution in [0.25, 0.3) is 22.2 Å². The topological polar surface area (TPSA) is 68.4 Å². The Morgan fingerprint density at radius 1 is 1.14 bits per heavy atom. The van der Waals surface area contributed by atoms with E-state index in [1.807, 2.05) is 37.8 Å². The monoisotopic (exact) mass is 478 g/mol. The summed E-state index contributed by atoms with van der Waals surface area (Å²) in [5.41, 5.74) is 5.03. The average molecular weight is 479 g/mol. The van der Waals surface area contributed by atoms with Crippen LogP contribution >= 0.6 is 0 Å². The van der Waals surface area contributed by atoms with E-state index in [1.165, 1.54) is 12.8 Å². The Balaban J connectivity index is 1.51. The molecule has 1 atom stereocenters. The van der Waals surface area contributed by atoms with E-state index in [2.05, 4.69) is 26.9 Å². The molecular formula is C27H35FN6O. The minimum absolute atomic E-state index is 0.0485. The summed E-state index contributed by atoms with van der Waals surface area (Å²) in [6, 6.07) is 5.70. The van der Waals surface area contributed by atoms with E-state index in [9.17, 15) is 4.79 Å². The summed E-state index contributed by atoms with van der Waals surface area (Å²) in [6.07, 6.45) is 3.11. The Morgan fingerprint density at radius 3 is 2.57 bits per heavy atom. The standard InChI is InChI=1S/C27H35FN6O/c1-5-20-13-21-19(4)25(23-12-17(2)30-31-23)27(29-26(21)22(28)14-20)34-11-10-33(15-18(34)3)24(35)16-32-8-6-7-9-32/h12-14,18H,5-11,15-16H2,1-4H3,(H,30,31)/t18-/m1/s1. The largest absolute Gasteiger partial charge is 0.350 e. The summed E-state index contributed by atoms with van der Waals surface area (Å²) in [6.45, 7) is 12.6. The highest BCUT2D eigenvalue weighted by Crippen LogP contribution is 2.38. The first-order chi connectivity index (χ1) is 16.9. The molecule has 1 aromatic carbocycles. The molecule has 7 nitrogen and oxygen atoms in total. The Labute approximate surface area is 206 Å². The molecule has 1 amide bonds. The first kappa shape index (κ1) is 23.7. The van der Waals surface area contributed by atoms with Gasteiger partial charge in [-0.2, -0.15) is 5.10 Å². The van der Waals surface area contributed by atoms with Crippen molar-refractivity contribution in [1.82, 2.24) is 25.0 Å². The van der Waals surface area contributed by atoms with Crippen molar-refractivity contribution in [2.75, 3.05) is 44.2 Å². The van der Waals surface area contributed by atoms with Crippen molar-refractivity contribution >= 4 is 22.6 Å². The molecule has 0 unspecified atom stereocenters. The summed E-state index contributed by atoms with van der Waals surface area (Å²) in [7, 11) is 0. The van der Waals surface area contributed by atoms with Gasteiger partial charge in [-0.05, 0) is 82.4 Å². The Bertz CT molecular complexity index is 1250. The highest BCUT2D eigenvalue weighted by molar-refractivity contribution is 5.94. The Hall–Kier alpha value is -3.00. The number of likely N-dealkylation sites (tertiary alicyclic amines) is 1. The number of pyridine rings is 1. The van der Waals surface area contributed by atoms with Gasteiger partial charge >= 0.3 is 0 Å². The number of hydrogen-bond acceptors (Lipinski definition) is 5. The number of hydrogen-bond donors (Lipinski definition) is 1. The van der Waals surface area contributed by atoms with Crippen molar-refractivity contribution in [3.8, 4) is 11.3 Å². The Morgan fingerprint density at radius 2 is 1.91 bits per heavy atom. The zero-order valence-corrected chi connectivity index (χ0v) is 21.2.